The lowest BCUT2D eigenvalue weighted by Crippen LogP contribution is -2.65. The van der Waals surface area contributed by atoms with E-state index in [9.17, 15) is 4.79 Å². The van der Waals surface area contributed by atoms with Crippen LogP contribution in [0.5, 0.6) is 0 Å². The summed E-state index contributed by atoms with van der Waals surface area (Å²) in [6.07, 6.45) is 9.99. The molecule has 4 aliphatic rings. The Morgan fingerprint density at radius 3 is 2.25 bits per heavy atom. The summed E-state index contributed by atoms with van der Waals surface area (Å²) in [6, 6.07) is 1.13. The smallest absolute Gasteiger partial charge is 0.320 e. The molecule has 4 fully saturated rings. The van der Waals surface area contributed by atoms with Gasteiger partial charge in [-0.25, -0.2) is 4.79 Å². The summed E-state index contributed by atoms with van der Waals surface area (Å²) in [7, 11) is 4.04. The fourth-order valence-electron chi connectivity index (χ4n) is 5.57. The lowest BCUT2D eigenvalue weighted by molar-refractivity contribution is -0.0853. The highest BCUT2D eigenvalue weighted by Gasteiger charge is 2.68. The van der Waals surface area contributed by atoms with Gasteiger partial charge in [0.15, 0.2) is 0 Å². The van der Waals surface area contributed by atoms with Crippen LogP contribution >= 0.6 is 0 Å². The number of amides is 2. The van der Waals surface area contributed by atoms with Crippen molar-refractivity contribution in [1.29, 1.82) is 0 Å². The number of hydrogen-bond donors (Lipinski definition) is 1. The van der Waals surface area contributed by atoms with Crippen molar-refractivity contribution in [2.45, 2.75) is 69.0 Å². The molecule has 0 aromatic rings. The molecule has 1 atom stereocenters. The van der Waals surface area contributed by atoms with E-state index in [2.05, 4.69) is 4.90 Å². The highest BCUT2D eigenvalue weighted by molar-refractivity contribution is 5.79. The van der Waals surface area contributed by atoms with Crippen molar-refractivity contribution in [1.82, 2.24) is 9.80 Å². The third-order valence-electron chi connectivity index (χ3n) is 6.75. The van der Waals surface area contributed by atoms with Gasteiger partial charge in [0.2, 0.25) is 0 Å². The molecule has 3 aliphatic carbocycles. The largest absolute Gasteiger partial charge is 0.328 e. The number of urea groups is 1. The van der Waals surface area contributed by atoms with Crippen LogP contribution in [0.2, 0.25) is 0 Å². The van der Waals surface area contributed by atoms with E-state index in [0.29, 0.717) is 17.5 Å². The minimum atomic E-state index is 0.147. The fourth-order valence-corrected chi connectivity index (χ4v) is 5.57. The molecule has 2 spiro atoms. The zero-order valence-electron chi connectivity index (χ0n) is 12.8. The Morgan fingerprint density at radius 1 is 1.10 bits per heavy atom. The van der Waals surface area contributed by atoms with Gasteiger partial charge in [0.1, 0.15) is 0 Å². The number of likely N-dealkylation sites (N-methyl/N-ethyl adjacent to an activating group) is 2. The summed E-state index contributed by atoms with van der Waals surface area (Å²) >= 11 is 0. The van der Waals surface area contributed by atoms with Crippen molar-refractivity contribution in [3.05, 3.63) is 0 Å². The van der Waals surface area contributed by atoms with Crippen molar-refractivity contribution in [2.75, 3.05) is 14.1 Å². The van der Waals surface area contributed by atoms with Gasteiger partial charge >= 0.3 is 6.03 Å². The lowest BCUT2D eigenvalue weighted by atomic mass is 9.49. The van der Waals surface area contributed by atoms with Crippen LogP contribution in [-0.2, 0) is 0 Å². The Hall–Kier alpha value is -0.770. The molecule has 1 saturated heterocycles. The Labute approximate surface area is 121 Å². The summed E-state index contributed by atoms with van der Waals surface area (Å²) < 4.78 is 0. The summed E-state index contributed by atoms with van der Waals surface area (Å²) in [6.45, 7) is 0. The van der Waals surface area contributed by atoms with Crippen LogP contribution in [0.4, 0.5) is 4.79 Å². The molecule has 2 N–H and O–H groups in total. The number of carbonyl (C=O) groups excluding carboxylic acids is 1. The van der Waals surface area contributed by atoms with Gasteiger partial charge in [-0.2, -0.15) is 0 Å². The normalized spacial score (nSPS) is 48.2. The lowest BCUT2D eigenvalue weighted by Gasteiger charge is -2.61. The van der Waals surface area contributed by atoms with Crippen molar-refractivity contribution in [3.8, 4) is 0 Å². The van der Waals surface area contributed by atoms with Gasteiger partial charge in [-0.1, -0.05) is 0 Å². The molecule has 2 amide bonds. The van der Waals surface area contributed by atoms with E-state index in [4.69, 9.17) is 5.73 Å². The number of hydrogen-bond acceptors (Lipinski definition) is 2. The molecule has 20 heavy (non-hydrogen) atoms. The maximum absolute atomic E-state index is 12.4. The highest BCUT2D eigenvalue weighted by Crippen LogP contribution is 2.64. The van der Waals surface area contributed by atoms with Crippen molar-refractivity contribution in [3.63, 3.8) is 0 Å². The van der Waals surface area contributed by atoms with Crippen LogP contribution in [0.25, 0.3) is 0 Å². The number of nitrogens with two attached hydrogens (primary N) is 1. The predicted molar refractivity (Wildman–Crippen MR) is 78.3 cm³/mol. The number of rotatable bonds is 1. The van der Waals surface area contributed by atoms with Gasteiger partial charge in [-0.15, -0.1) is 0 Å². The maximum atomic E-state index is 12.4. The summed E-state index contributed by atoms with van der Waals surface area (Å²) in [5.41, 5.74) is 6.71. The Bertz CT molecular complexity index is 429. The topological polar surface area (TPSA) is 49.6 Å². The second-order valence-electron chi connectivity index (χ2n) is 8.03. The van der Waals surface area contributed by atoms with Crippen molar-refractivity contribution >= 4 is 6.03 Å². The molecule has 112 valence electrons. The van der Waals surface area contributed by atoms with Crippen molar-refractivity contribution < 1.29 is 4.79 Å². The zero-order chi connectivity index (χ0) is 14.1. The van der Waals surface area contributed by atoms with E-state index in [-0.39, 0.29) is 11.6 Å². The monoisotopic (exact) mass is 277 g/mol. The molecule has 0 unspecified atom stereocenters. The quantitative estimate of drug-likeness (QED) is 0.798. The van der Waals surface area contributed by atoms with Crippen LogP contribution in [0, 0.1) is 11.3 Å². The second kappa shape index (κ2) is 3.90. The molecular weight excluding hydrogens is 250 g/mol. The molecule has 0 radical (unpaired) electrons. The van der Waals surface area contributed by atoms with Gasteiger partial charge < -0.3 is 15.5 Å². The van der Waals surface area contributed by atoms with E-state index in [1.54, 1.807) is 0 Å². The molecule has 0 aromatic heterocycles. The minimum absolute atomic E-state index is 0.147. The first-order valence-electron chi connectivity index (χ1n) is 8.24. The third-order valence-corrected chi connectivity index (χ3v) is 6.75. The van der Waals surface area contributed by atoms with Gasteiger partial charge in [-0.05, 0) is 62.7 Å². The van der Waals surface area contributed by atoms with E-state index in [0.717, 1.165) is 5.92 Å². The van der Waals surface area contributed by atoms with Gasteiger partial charge in [-0.3, -0.25) is 0 Å². The summed E-state index contributed by atoms with van der Waals surface area (Å²) in [5.74, 6) is 0.761. The van der Waals surface area contributed by atoms with Gasteiger partial charge in [0, 0.05) is 20.1 Å². The third kappa shape index (κ3) is 1.54. The molecular formula is C16H27N3O. The molecule has 0 aromatic carbocycles. The molecule has 1 heterocycles. The zero-order valence-corrected chi connectivity index (χ0v) is 12.8. The average molecular weight is 277 g/mol. The standard InChI is InChI=1S/C16H27N3O/c1-18-13(11-3-4-11)16(19(2)14(18)20)9-15(10-16)7-5-12(17)6-8-15/h11-13H,3-10,17H2,1-2H3/t12?,13-,15?,16?/m1/s1. The van der Waals surface area contributed by atoms with E-state index in [1.165, 1.54) is 51.4 Å². The minimum Gasteiger partial charge on any atom is -0.328 e. The number of carbonyl (C=O) groups is 1. The highest BCUT2D eigenvalue weighted by atomic mass is 16.2. The molecule has 3 saturated carbocycles. The van der Waals surface area contributed by atoms with Gasteiger partial charge in [0.25, 0.3) is 0 Å². The Kier molecular flexibility index (Phi) is 2.52. The SMILES string of the molecule is CN1C(=O)N(C)C2(CC3(CCC(N)CC3)C2)[C@H]1C1CC1. The van der Waals surface area contributed by atoms with Crippen molar-refractivity contribution in [2.24, 2.45) is 17.1 Å². The first kappa shape index (κ1) is 12.9. The Balaban J connectivity index is 1.57. The first-order valence-corrected chi connectivity index (χ1v) is 8.24. The predicted octanol–water partition coefficient (Wildman–Crippen LogP) is 2.18. The molecule has 0 bridgehead atoms. The summed E-state index contributed by atoms with van der Waals surface area (Å²) in [4.78, 5) is 16.5. The average Bonchev–Trinajstić information content (AvgIpc) is 3.19. The van der Waals surface area contributed by atoms with Gasteiger partial charge in [0.05, 0.1) is 11.6 Å². The molecule has 4 heteroatoms. The van der Waals surface area contributed by atoms with Crippen LogP contribution < -0.4 is 5.73 Å². The summed E-state index contributed by atoms with van der Waals surface area (Å²) in [5, 5.41) is 0. The second-order valence-corrected chi connectivity index (χ2v) is 8.03. The van der Waals surface area contributed by atoms with Crippen LogP contribution in [0.3, 0.4) is 0 Å². The Morgan fingerprint density at radius 2 is 1.70 bits per heavy atom. The van der Waals surface area contributed by atoms with E-state index in [1.807, 2.05) is 19.0 Å². The van der Waals surface area contributed by atoms with Crippen LogP contribution in [-0.4, -0.2) is 47.5 Å². The maximum Gasteiger partial charge on any atom is 0.320 e. The van der Waals surface area contributed by atoms with Crippen LogP contribution in [0.15, 0.2) is 0 Å². The van der Waals surface area contributed by atoms with Crippen LogP contribution in [0.1, 0.15) is 51.4 Å². The molecule has 4 rings (SSSR count). The molecule has 1 aliphatic heterocycles. The van der Waals surface area contributed by atoms with E-state index >= 15 is 0 Å². The number of nitrogens with zero attached hydrogens (tertiary/aromatic N) is 2. The molecule has 4 nitrogen and oxygen atoms in total. The fraction of sp³-hybridized carbons (Fsp3) is 0.938. The first-order chi connectivity index (χ1) is 9.47. The van der Waals surface area contributed by atoms with E-state index < -0.39 is 0 Å².